The zero-order chi connectivity index (χ0) is 16.9. The Morgan fingerprint density at radius 3 is 2.50 bits per heavy atom. The van der Waals surface area contributed by atoms with Crippen molar-refractivity contribution in [2.75, 3.05) is 13.1 Å². The molecular formula is C17H20N4O3. The largest absolute Gasteiger partial charge is 0.481 e. The first-order valence-electron chi connectivity index (χ1n) is 8.19. The molecule has 2 aromatic rings. The average Bonchev–Trinajstić information content (AvgIpc) is 2.92. The molecule has 3 heterocycles. The van der Waals surface area contributed by atoms with Gasteiger partial charge in [-0.25, -0.2) is 0 Å². The first-order chi connectivity index (χ1) is 11.5. The zero-order valence-corrected chi connectivity index (χ0v) is 13.6. The molecule has 24 heavy (non-hydrogen) atoms. The smallest absolute Gasteiger partial charge is 0.307 e. The van der Waals surface area contributed by atoms with Crippen molar-refractivity contribution in [2.24, 2.45) is 18.4 Å². The number of carboxylic acids is 1. The average molecular weight is 328 g/mol. The van der Waals surface area contributed by atoms with Crippen LogP contribution in [0.1, 0.15) is 29.6 Å². The first-order valence-corrected chi connectivity index (χ1v) is 8.19. The third kappa shape index (κ3) is 2.23. The van der Waals surface area contributed by atoms with E-state index in [1.54, 1.807) is 10.9 Å². The van der Waals surface area contributed by atoms with Crippen LogP contribution in [0, 0.1) is 11.3 Å². The Hall–Kier alpha value is -2.57. The van der Waals surface area contributed by atoms with Gasteiger partial charge in [-0.1, -0.05) is 0 Å². The Morgan fingerprint density at radius 1 is 1.25 bits per heavy atom. The highest BCUT2D eigenvalue weighted by molar-refractivity contribution is 5.97. The Balaban J connectivity index is 1.51. The molecule has 0 bridgehead atoms. The normalized spacial score (nSPS) is 21.9. The number of amides is 1. The SMILES string of the molecule is Cn1ncc(C(=O)N2CCC3(CC2)CC3C(=O)O)c1-n1cccc1. The molecule has 1 N–H and O–H groups in total. The Bertz CT molecular complexity index is 785. The molecular weight excluding hydrogens is 308 g/mol. The van der Waals surface area contributed by atoms with Crippen molar-refractivity contribution in [3.05, 3.63) is 36.3 Å². The van der Waals surface area contributed by atoms with Gasteiger partial charge in [-0.3, -0.25) is 14.3 Å². The van der Waals surface area contributed by atoms with Crippen molar-refractivity contribution >= 4 is 11.9 Å². The lowest BCUT2D eigenvalue weighted by atomic mass is 9.90. The number of piperidine rings is 1. The number of hydrogen-bond donors (Lipinski definition) is 1. The van der Waals surface area contributed by atoms with E-state index in [4.69, 9.17) is 0 Å². The second kappa shape index (κ2) is 5.22. The second-order valence-electron chi connectivity index (χ2n) is 6.85. The van der Waals surface area contributed by atoms with Crippen molar-refractivity contribution < 1.29 is 14.7 Å². The first kappa shape index (κ1) is 15.0. The minimum atomic E-state index is -0.697. The predicted molar refractivity (Wildman–Crippen MR) is 85.8 cm³/mol. The molecule has 2 fully saturated rings. The van der Waals surface area contributed by atoms with Crippen LogP contribution in [-0.4, -0.2) is 49.3 Å². The highest BCUT2D eigenvalue weighted by atomic mass is 16.4. The van der Waals surface area contributed by atoms with Gasteiger partial charge in [0.15, 0.2) is 0 Å². The molecule has 2 aliphatic rings. The standard InChI is InChI=1S/C17H20N4O3/c1-19-14(20-6-2-3-7-20)12(11-18-19)15(22)21-8-4-17(5-9-21)10-13(17)16(23)24/h2-3,6-7,11,13H,4-5,8-10H2,1H3,(H,23,24). The number of aryl methyl sites for hydroxylation is 1. The van der Waals surface area contributed by atoms with Crippen molar-refractivity contribution in [3.8, 4) is 5.82 Å². The van der Waals surface area contributed by atoms with Crippen molar-refractivity contribution in [2.45, 2.75) is 19.3 Å². The number of hydrogen-bond acceptors (Lipinski definition) is 3. The van der Waals surface area contributed by atoms with Crippen molar-refractivity contribution in [1.82, 2.24) is 19.2 Å². The Morgan fingerprint density at radius 2 is 1.92 bits per heavy atom. The van der Waals surface area contributed by atoms with Crippen LogP contribution in [0.15, 0.2) is 30.7 Å². The van der Waals surface area contributed by atoms with E-state index in [0.717, 1.165) is 25.1 Å². The molecule has 0 aromatic carbocycles. The molecule has 7 heteroatoms. The maximum absolute atomic E-state index is 12.9. The molecule has 1 atom stereocenters. The van der Waals surface area contributed by atoms with Crippen molar-refractivity contribution in [1.29, 1.82) is 0 Å². The summed E-state index contributed by atoms with van der Waals surface area (Å²) in [6, 6.07) is 3.82. The van der Waals surface area contributed by atoms with E-state index in [2.05, 4.69) is 5.10 Å². The summed E-state index contributed by atoms with van der Waals surface area (Å²) in [5.74, 6) is -0.199. The van der Waals surface area contributed by atoms with Crippen LogP contribution >= 0.6 is 0 Å². The van der Waals surface area contributed by atoms with Crippen LogP contribution in [0.4, 0.5) is 0 Å². The fourth-order valence-corrected chi connectivity index (χ4v) is 3.94. The molecule has 2 aromatic heterocycles. The minimum Gasteiger partial charge on any atom is -0.481 e. The molecule has 1 saturated carbocycles. The summed E-state index contributed by atoms with van der Waals surface area (Å²) >= 11 is 0. The van der Waals surface area contributed by atoms with Crippen LogP contribution in [0.2, 0.25) is 0 Å². The summed E-state index contributed by atoms with van der Waals surface area (Å²) in [6.45, 7) is 1.23. The summed E-state index contributed by atoms with van der Waals surface area (Å²) in [6.07, 6.45) is 7.69. The number of aliphatic carboxylic acids is 1. The maximum Gasteiger partial charge on any atom is 0.307 e. The van der Waals surface area contributed by atoms with Crippen LogP contribution in [0.5, 0.6) is 0 Å². The van der Waals surface area contributed by atoms with Crippen molar-refractivity contribution in [3.63, 3.8) is 0 Å². The molecule has 1 aliphatic carbocycles. The highest BCUT2D eigenvalue weighted by Crippen LogP contribution is 2.59. The number of carboxylic acid groups (broad SMARTS) is 1. The minimum absolute atomic E-state index is 0.0332. The monoisotopic (exact) mass is 328 g/mol. The third-order valence-electron chi connectivity index (χ3n) is 5.52. The van der Waals surface area contributed by atoms with E-state index in [-0.39, 0.29) is 17.2 Å². The summed E-state index contributed by atoms with van der Waals surface area (Å²) in [5.41, 5.74) is 0.510. The number of carbonyl (C=O) groups is 2. The molecule has 7 nitrogen and oxygen atoms in total. The van der Waals surface area contributed by atoms with E-state index in [1.807, 2.05) is 41.0 Å². The second-order valence-corrected chi connectivity index (χ2v) is 6.85. The summed E-state index contributed by atoms with van der Waals surface area (Å²) in [5, 5.41) is 13.4. The van der Waals surface area contributed by atoms with Gasteiger partial charge in [-0.2, -0.15) is 5.10 Å². The van der Waals surface area contributed by atoms with E-state index < -0.39 is 5.97 Å². The fourth-order valence-electron chi connectivity index (χ4n) is 3.94. The number of likely N-dealkylation sites (tertiary alicyclic amines) is 1. The van der Waals surface area contributed by atoms with Gasteiger partial charge in [0.25, 0.3) is 5.91 Å². The third-order valence-corrected chi connectivity index (χ3v) is 5.52. The van der Waals surface area contributed by atoms with Crippen LogP contribution in [0.25, 0.3) is 5.82 Å². The Kier molecular flexibility index (Phi) is 3.26. The van der Waals surface area contributed by atoms with Gasteiger partial charge in [0, 0.05) is 32.5 Å². The van der Waals surface area contributed by atoms with E-state index in [9.17, 15) is 14.7 Å². The molecule has 1 unspecified atom stereocenters. The molecule has 1 saturated heterocycles. The highest BCUT2D eigenvalue weighted by Gasteiger charge is 2.59. The summed E-state index contributed by atoms with van der Waals surface area (Å²) in [4.78, 5) is 25.9. The van der Waals surface area contributed by atoms with Gasteiger partial charge in [-0.05, 0) is 36.8 Å². The topological polar surface area (TPSA) is 80.4 Å². The summed E-state index contributed by atoms with van der Waals surface area (Å²) in [7, 11) is 1.82. The zero-order valence-electron chi connectivity index (χ0n) is 13.6. The van der Waals surface area contributed by atoms with Crippen LogP contribution < -0.4 is 0 Å². The fraction of sp³-hybridized carbons (Fsp3) is 0.471. The van der Waals surface area contributed by atoms with Gasteiger partial charge in [0.05, 0.1) is 12.1 Å². The van der Waals surface area contributed by atoms with E-state index in [1.165, 1.54) is 0 Å². The Labute approximate surface area is 139 Å². The van der Waals surface area contributed by atoms with Gasteiger partial charge >= 0.3 is 5.97 Å². The lowest BCUT2D eigenvalue weighted by molar-refractivity contribution is -0.139. The summed E-state index contributed by atoms with van der Waals surface area (Å²) < 4.78 is 3.58. The molecule has 0 radical (unpaired) electrons. The maximum atomic E-state index is 12.9. The van der Waals surface area contributed by atoms with Gasteiger partial charge in [-0.15, -0.1) is 0 Å². The lowest BCUT2D eigenvalue weighted by Crippen LogP contribution is -2.40. The van der Waals surface area contributed by atoms with Gasteiger partial charge < -0.3 is 14.6 Å². The molecule has 1 aliphatic heterocycles. The van der Waals surface area contributed by atoms with Gasteiger partial charge in [0.1, 0.15) is 11.4 Å². The quantitative estimate of drug-likeness (QED) is 0.927. The van der Waals surface area contributed by atoms with Crippen LogP contribution in [0.3, 0.4) is 0 Å². The molecule has 1 amide bonds. The predicted octanol–water partition coefficient (Wildman–Crippen LogP) is 1.54. The number of carbonyl (C=O) groups excluding carboxylic acids is 1. The lowest BCUT2D eigenvalue weighted by Gasteiger charge is -2.32. The van der Waals surface area contributed by atoms with E-state index in [0.29, 0.717) is 18.7 Å². The molecule has 1 spiro atoms. The number of aromatic nitrogens is 3. The molecule has 126 valence electrons. The molecule has 4 rings (SSSR count). The number of rotatable bonds is 3. The van der Waals surface area contributed by atoms with Gasteiger partial charge in [0.2, 0.25) is 0 Å². The van der Waals surface area contributed by atoms with E-state index >= 15 is 0 Å². The van der Waals surface area contributed by atoms with Crippen LogP contribution in [-0.2, 0) is 11.8 Å². The number of nitrogens with zero attached hydrogens (tertiary/aromatic N) is 4.